The van der Waals surface area contributed by atoms with Crippen LogP contribution >= 0.6 is 0 Å². The first-order valence-electron chi connectivity index (χ1n) is 3.14. The van der Waals surface area contributed by atoms with Gasteiger partial charge in [-0.05, 0) is 13.8 Å². The van der Waals surface area contributed by atoms with E-state index in [4.69, 9.17) is 5.11 Å². The van der Waals surface area contributed by atoms with Crippen LogP contribution in [-0.4, -0.2) is 33.0 Å². The Bertz CT molecular complexity index is 161. The molecule has 0 rings (SSSR count). The summed E-state index contributed by atoms with van der Waals surface area (Å²) in [5.74, 6) is 0.333. The van der Waals surface area contributed by atoms with Gasteiger partial charge in [-0.2, -0.15) is 0 Å². The van der Waals surface area contributed by atoms with Crippen LogP contribution in [0.25, 0.3) is 0 Å². The van der Waals surface area contributed by atoms with Crippen LogP contribution in [0.2, 0.25) is 0 Å². The van der Waals surface area contributed by atoms with E-state index < -0.39 is 22.4 Å². The molecular formula is C6H13NO3S. The SMILES string of the molecule is CS(=O)CC(C)(C)NC(=O)O. The minimum Gasteiger partial charge on any atom is -0.465 e. The van der Waals surface area contributed by atoms with Crippen molar-refractivity contribution < 1.29 is 14.1 Å². The van der Waals surface area contributed by atoms with Gasteiger partial charge in [-0.15, -0.1) is 0 Å². The lowest BCUT2D eigenvalue weighted by Gasteiger charge is -2.22. The Labute approximate surface area is 68.4 Å². The maximum Gasteiger partial charge on any atom is 0.405 e. The number of carboxylic acid groups (broad SMARTS) is 1. The fraction of sp³-hybridized carbons (Fsp3) is 0.833. The predicted molar refractivity (Wildman–Crippen MR) is 44.2 cm³/mol. The zero-order valence-corrected chi connectivity index (χ0v) is 7.70. The summed E-state index contributed by atoms with van der Waals surface area (Å²) in [4.78, 5) is 10.2. The summed E-state index contributed by atoms with van der Waals surface area (Å²) in [6.07, 6.45) is 0.464. The molecule has 0 aromatic heterocycles. The molecule has 11 heavy (non-hydrogen) atoms. The summed E-state index contributed by atoms with van der Waals surface area (Å²) < 4.78 is 10.7. The molecule has 0 aromatic carbocycles. The Balaban J connectivity index is 3.99. The molecule has 2 N–H and O–H groups in total. The average Bonchev–Trinajstić information content (AvgIpc) is 1.53. The van der Waals surface area contributed by atoms with E-state index in [0.29, 0.717) is 5.75 Å². The predicted octanol–water partition coefficient (Wildman–Crippen LogP) is 0.411. The van der Waals surface area contributed by atoms with Gasteiger partial charge in [0.25, 0.3) is 0 Å². The van der Waals surface area contributed by atoms with Crippen molar-refractivity contribution in [3.05, 3.63) is 0 Å². The summed E-state index contributed by atoms with van der Waals surface area (Å²) in [7, 11) is -0.977. The molecule has 5 heteroatoms. The standard InChI is InChI=1S/C6H13NO3S/c1-6(2,4-11(3)10)7-5(8)9/h7H,4H2,1-3H3,(H,8,9). The van der Waals surface area contributed by atoms with E-state index in [1.54, 1.807) is 20.1 Å². The topological polar surface area (TPSA) is 66.4 Å². The summed E-state index contributed by atoms with van der Waals surface area (Å²) in [6.45, 7) is 3.39. The normalized spacial score (nSPS) is 14.1. The number of hydrogen-bond acceptors (Lipinski definition) is 2. The molecule has 1 unspecified atom stereocenters. The molecule has 0 aliphatic rings. The minimum absolute atomic E-state index is 0.333. The molecule has 1 amide bonds. The Hall–Kier alpha value is -0.580. The van der Waals surface area contributed by atoms with Crippen molar-refractivity contribution in [2.75, 3.05) is 12.0 Å². The van der Waals surface area contributed by atoms with Gasteiger partial charge < -0.3 is 10.4 Å². The molecule has 0 spiro atoms. The molecule has 0 saturated carbocycles. The van der Waals surface area contributed by atoms with E-state index in [-0.39, 0.29) is 0 Å². The number of amides is 1. The average molecular weight is 179 g/mol. The molecule has 0 radical (unpaired) electrons. The van der Waals surface area contributed by atoms with E-state index in [1.165, 1.54) is 0 Å². The third kappa shape index (κ3) is 5.84. The molecule has 0 bridgehead atoms. The third-order valence-corrected chi connectivity index (χ3v) is 2.14. The molecule has 0 saturated heterocycles. The van der Waals surface area contributed by atoms with Crippen LogP contribution in [0.15, 0.2) is 0 Å². The first-order valence-corrected chi connectivity index (χ1v) is 4.87. The second-order valence-electron chi connectivity index (χ2n) is 3.03. The molecule has 0 heterocycles. The largest absolute Gasteiger partial charge is 0.465 e. The second-order valence-corrected chi connectivity index (χ2v) is 4.47. The number of nitrogens with one attached hydrogen (secondary N) is 1. The van der Waals surface area contributed by atoms with Crippen molar-refractivity contribution in [1.29, 1.82) is 0 Å². The van der Waals surface area contributed by atoms with E-state index in [2.05, 4.69) is 5.32 Å². The van der Waals surface area contributed by atoms with E-state index >= 15 is 0 Å². The highest BCUT2D eigenvalue weighted by Crippen LogP contribution is 2.02. The zero-order valence-electron chi connectivity index (χ0n) is 6.88. The quantitative estimate of drug-likeness (QED) is 0.659. The maximum atomic E-state index is 10.7. The van der Waals surface area contributed by atoms with Gasteiger partial charge in [0, 0.05) is 28.3 Å². The van der Waals surface area contributed by atoms with E-state index in [9.17, 15) is 9.00 Å². The van der Waals surface area contributed by atoms with E-state index in [1.807, 2.05) is 0 Å². The van der Waals surface area contributed by atoms with Crippen LogP contribution in [0.1, 0.15) is 13.8 Å². The molecule has 66 valence electrons. The zero-order chi connectivity index (χ0) is 9.07. The maximum absolute atomic E-state index is 10.7. The molecule has 0 aromatic rings. The molecule has 4 nitrogen and oxygen atoms in total. The molecular weight excluding hydrogens is 166 g/mol. The van der Waals surface area contributed by atoms with Crippen molar-refractivity contribution >= 4 is 16.9 Å². The monoisotopic (exact) mass is 179 g/mol. The lowest BCUT2D eigenvalue weighted by Crippen LogP contribution is -2.46. The van der Waals surface area contributed by atoms with Crippen molar-refractivity contribution in [3.63, 3.8) is 0 Å². The van der Waals surface area contributed by atoms with Crippen LogP contribution in [0, 0.1) is 0 Å². The number of carbonyl (C=O) groups is 1. The summed E-state index contributed by atoms with van der Waals surface area (Å²) in [6, 6.07) is 0. The highest BCUT2D eigenvalue weighted by Gasteiger charge is 2.21. The number of hydrogen-bond donors (Lipinski definition) is 2. The van der Waals surface area contributed by atoms with Crippen molar-refractivity contribution in [1.82, 2.24) is 5.32 Å². The van der Waals surface area contributed by atoms with Crippen LogP contribution in [0.4, 0.5) is 4.79 Å². The Morgan fingerprint density at radius 2 is 2.09 bits per heavy atom. The fourth-order valence-electron chi connectivity index (χ4n) is 0.834. The highest BCUT2D eigenvalue weighted by atomic mass is 32.2. The summed E-state index contributed by atoms with van der Waals surface area (Å²) in [5.41, 5.74) is -0.606. The van der Waals surface area contributed by atoms with Crippen molar-refractivity contribution in [2.24, 2.45) is 0 Å². The smallest absolute Gasteiger partial charge is 0.405 e. The van der Waals surface area contributed by atoms with Gasteiger partial charge >= 0.3 is 6.09 Å². The van der Waals surface area contributed by atoms with Crippen LogP contribution in [-0.2, 0) is 10.8 Å². The summed E-state index contributed by atoms with van der Waals surface area (Å²) >= 11 is 0. The Kier molecular flexibility index (Phi) is 3.51. The van der Waals surface area contributed by atoms with Gasteiger partial charge in [-0.3, -0.25) is 4.21 Å². The van der Waals surface area contributed by atoms with Gasteiger partial charge in [0.1, 0.15) is 0 Å². The van der Waals surface area contributed by atoms with Crippen LogP contribution in [0.3, 0.4) is 0 Å². The summed E-state index contributed by atoms with van der Waals surface area (Å²) in [5, 5.41) is 10.6. The highest BCUT2D eigenvalue weighted by molar-refractivity contribution is 7.84. The first-order chi connectivity index (χ1) is 4.83. The van der Waals surface area contributed by atoms with Gasteiger partial charge in [0.2, 0.25) is 0 Å². The lowest BCUT2D eigenvalue weighted by molar-refractivity contribution is 0.185. The molecule has 1 atom stereocenters. The van der Waals surface area contributed by atoms with E-state index in [0.717, 1.165) is 0 Å². The molecule has 0 fully saturated rings. The minimum atomic E-state index is -1.08. The Morgan fingerprint density at radius 1 is 1.64 bits per heavy atom. The third-order valence-electron chi connectivity index (χ3n) is 1.01. The van der Waals surface area contributed by atoms with Crippen LogP contribution < -0.4 is 5.32 Å². The van der Waals surface area contributed by atoms with Crippen molar-refractivity contribution in [3.8, 4) is 0 Å². The van der Waals surface area contributed by atoms with Gasteiger partial charge in [-0.25, -0.2) is 4.79 Å². The first kappa shape index (κ1) is 10.4. The lowest BCUT2D eigenvalue weighted by atomic mass is 10.1. The van der Waals surface area contributed by atoms with Gasteiger partial charge in [0.05, 0.1) is 0 Å². The van der Waals surface area contributed by atoms with Crippen LogP contribution in [0.5, 0.6) is 0 Å². The van der Waals surface area contributed by atoms with Crippen molar-refractivity contribution in [2.45, 2.75) is 19.4 Å². The van der Waals surface area contributed by atoms with Gasteiger partial charge in [0.15, 0.2) is 0 Å². The van der Waals surface area contributed by atoms with Gasteiger partial charge in [-0.1, -0.05) is 0 Å². The second kappa shape index (κ2) is 3.71. The fourth-order valence-corrected chi connectivity index (χ4v) is 1.92. The molecule has 0 aliphatic carbocycles. The number of rotatable bonds is 3. The Morgan fingerprint density at radius 3 is 2.36 bits per heavy atom. The molecule has 0 aliphatic heterocycles.